The summed E-state index contributed by atoms with van der Waals surface area (Å²) in [7, 11) is 0. The molecule has 12 atom stereocenters. The van der Waals surface area contributed by atoms with Gasteiger partial charge >= 0.3 is 0 Å². The molecule has 4 bridgehead atoms. The van der Waals surface area contributed by atoms with Gasteiger partial charge in [-0.3, -0.25) is 0 Å². The predicted octanol–water partition coefficient (Wildman–Crippen LogP) is 8.50. The zero-order valence-electron chi connectivity index (χ0n) is 23.8. The van der Waals surface area contributed by atoms with E-state index in [9.17, 15) is 0 Å². The van der Waals surface area contributed by atoms with Gasteiger partial charge < -0.3 is 0 Å². The molecule has 0 saturated heterocycles. The largest absolute Gasteiger partial charge is 0.0620 e. The van der Waals surface area contributed by atoms with Crippen LogP contribution in [0.3, 0.4) is 0 Å². The Morgan fingerprint density at radius 1 is 0.389 bits per heavy atom. The highest BCUT2D eigenvalue weighted by Gasteiger charge is 2.66. The molecule has 12 unspecified atom stereocenters. The first-order valence-electron chi connectivity index (χ1n) is 15.5. The summed E-state index contributed by atoms with van der Waals surface area (Å²) in [5.41, 5.74) is 21.1. The predicted molar refractivity (Wildman–Crippen MR) is 148 cm³/mol. The molecule has 0 N–H and O–H groups in total. The highest BCUT2D eigenvalue weighted by Crippen LogP contribution is 2.77. The molecule has 36 heavy (non-hydrogen) atoms. The first-order valence-corrected chi connectivity index (χ1v) is 15.5. The third-order valence-corrected chi connectivity index (χ3v) is 14.9. The fourth-order valence-electron chi connectivity index (χ4n) is 13.1. The van der Waals surface area contributed by atoms with E-state index in [1.54, 1.807) is 33.4 Å². The first-order chi connectivity index (χ1) is 17.2. The van der Waals surface area contributed by atoms with Gasteiger partial charge in [0.1, 0.15) is 0 Å². The van der Waals surface area contributed by atoms with E-state index in [0.717, 1.165) is 71.0 Å². The molecule has 0 heteroatoms. The van der Waals surface area contributed by atoms with Gasteiger partial charge in [0, 0.05) is 0 Å². The Bertz CT molecular complexity index is 1400. The lowest BCUT2D eigenvalue weighted by Gasteiger charge is -2.50. The van der Waals surface area contributed by atoms with Gasteiger partial charge in [-0.15, -0.1) is 0 Å². The van der Waals surface area contributed by atoms with Gasteiger partial charge in [0.2, 0.25) is 0 Å². The van der Waals surface area contributed by atoms with Crippen LogP contribution in [0.1, 0.15) is 117 Å². The molecule has 0 nitrogen and oxygen atoms in total. The molecule has 7 aliphatic carbocycles. The van der Waals surface area contributed by atoms with Crippen molar-refractivity contribution in [3.05, 3.63) is 66.8 Å². The number of hydrogen-bond acceptors (Lipinski definition) is 0. The average Bonchev–Trinajstić information content (AvgIpc) is 3.63. The molecule has 7 aliphatic rings. The minimum atomic E-state index is 0.861. The standard InChI is InChI=1S/C36H44/c1-13-14(2)18(6)32-31(17(13)5)35-27-12-28(36(32)35)34-26(27)11-24-19(7)29-23(20(8)30(24)34)10-25-21-9-22(33(25)29)16(4)15(21)3/h15-16,21-22,25-28,33-36H,9-12H2,1-8H3. The molecule has 2 aromatic carbocycles. The van der Waals surface area contributed by atoms with Crippen LogP contribution >= 0.6 is 0 Å². The van der Waals surface area contributed by atoms with Crippen LogP contribution in [0.25, 0.3) is 0 Å². The van der Waals surface area contributed by atoms with Gasteiger partial charge in [0.15, 0.2) is 0 Å². The summed E-state index contributed by atoms with van der Waals surface area (Å²) in [6.45, 7) is 20.0. The fraction of sp³-hybridized carbons (Fsp3) is 0.667. The van der Waals surface area contributed by atoms with Crippen LogP contribution in [-0.2, 0) is 12.8 Å². The Morgan fingerprint density at radius 2 is 0.833 bits per heavy atom. The molecule has 0 heterocycles. The smallest absolute Gasteiger partial charge is 0.00501 e. The van der Waals surface area contributed by atoms with Gasteiger partial charge in [-0.25, -0.2) is 0 Å². The molecular weight excluding hydrogens is 432 g/mol. The van der Waals surface area contributed by atoms with E-state index in [-0.39, 0.29) is 0 Å². The molecule has 0 aliphatic heterocycles. The Kier molecular flexibility index (Phi) is 3.77. The molecule has 0 amide bonds. The second-order valence-electron chi connectivity index (χ2n) is 15.0. The van der Waals surface area contributed by atoms with Crippen LogP contribution in [0.4, 0.5) is 0 Å². The second kappa shape index (κ2) is 6.35. The highest BCUT2D eigenvalue weighted by molar-refractivity contribution is 5.65. The lowest BCUT2D eigenvalue weighted by atomic mass is 9.54. The summed E-state index contributed by atoms with van der Waals surface area (Å²) in [5, 5.41) is 0. The van der Waals surface area contributed by atoms with Gasteiger partial charge in [-0.1, -0.05) is 13.8 Å². The van der Waals surface area contributed by atoms with Gasteiger partial charge in [-0.05, 0) is 205 Å². The number of hydrogen-bond donors (Lipinski definition) is 0. The second-order valence-corrected chi connectivity index (χ2v) is 15.0. The molecular formula is C36H44. The molecule has 0 spiro atoms. The van der Waals surface area contributed by atoms with Crippen LogP contribution in [0.2, 0.25) is 0 Å². The van der Waals surface area contributed by atoms with Crippen molar-refractivity contribution in [1.82, 2.24) is 0 Å². The van der Waals surface area contributed by atoms with E-state index in [1.165, 1.54) is 25.7 Å². The summed E-state index contributed by atoms with van der Waals surface area (Å²) < 4.78 is 0. The quantitative estimate of drug-likeness (QED) is 0.334. The van der Waals surface area contributed by atoms with Crippen LogP contribution in [0.15, 0.2) is 0 Å². The van der Waals surface area contributed by atoms with Crippen molar-refractivity contribution in [2.75, 3.05) is 0 Å². The van der Waals surface area contributed by atoms with E-state index in [4.69, 9.17) is 0 Å². The van der Waals surface area contributed by atoms with Crippen molar-refractivity contribution in [1.29, 1.82) is 0 Å². The fourth-order valence-corrected chi connectivity index (χ4v) is 13.1. The van der Waals surface area contributed by atoms with Crippen molar-refractivity contribution in [3.8, 4) is 0 Å². The molecule has 4 fully saturated rings. The summed E-state index contributed by atoms with van der Waals surface area (Å²) >= 11 is 0. The van der Waals surface area contributed by atoms with Crippen LogP contribution < -0.4 is 0 Å². The minimum Gasteiger partial charge on any atom is -0.0620 e. The number of benzene rings is 2. The Balaban J connectivity index is 1.17. The molecule has 9 rings (SSSR count). The first kappa shape index (κ1) is 21.4. The van der Waals surface area contributed by atoms with Crippen molar-refractivity contribution < 1.29 is 0 Å². The summed E-state index contributed by atoms with van der Waals surface area (Å²) in [6.07, 6.45) is 5.85. The molecule has 4 saturated carbocycles. The topological polar surface area (TPSA) is 0 Å². The maximum absolute atomic E-state index is 2.59. The van der Waals surface area contributed by atoms with Crippen molar-refractivity contribution in [2.24, 2.45) is 47.3 Å². The lowest BCUT2D eigenvalue weighted by Crippen LogP contribution is -2.38. The zero-order valence-corrected chi connectivity index (χ0v) is 23.8. The van der Waals surface area contributed by atoms with E-state index in [2.05, 4.69) is 55.4 Å². The van der Waals surface area contributed by atoms with Crippen LogP contribution in [0.5, 0.6) is 0 Å². The maximum Gasteiger partial charge on any atom is -0.00501 e. The van der Waals surface area contributed by atoms with Crippen molar-refractivity contribution >= 4 is 0 Å². The number of fused-ring (bicyclic) bond motifs is 20. The summed E-state index contributed by atoms with van der Waals surface area (Å²) in [6, 6.07) is 0. The highest BCUT2D eigenvalue weighted by atomic mass is 14.7. The van der Waals surface area contributed by atoms with Gasteiger partial charge in [-0.2, -0.15) is 0 Å². The van der Waals surface area contributed by atoms with E-state index < -0.39 is 0 Å². The molecule has 2 aromatic rings. The van der Waals surface area contributed by atoms with E-state index in [1.807, 2.05) is 33.4 Å². The Labute approximate surface area is 218 Å². The zero-order chi connectivity index (χ0) is 24.7. The van der Waals surface area contributed by atoms with Crippen molar-refractivity contribution in [2.45, 2.75) is 105 Å². The summed E-state index contributed by atoms with van der Waals surface area (Å²) in [5.74, 6) is 11.1. The third-order valence-electron chi connectivity index (χ3n) is 14.9. The van der Waals surface area contributed by atoms with Gasteiger partial charge in [0.25, 0.3) is 0 Å². The monoisotopic (exact) mass is 476 g/mol. The lowest BCUT2D eigenvalue weighted by molar-refractivity contribution is 0.172. The maximum atomic E-state index is 2.59. The molecule has 0 radical (unpaired) electrons. The summed E-state index contributed by atoms with van der Waals surface area (Å²) in [4.78, 5) is 0. The van der Waals surface area contributed by atoms with Crippen LogP contribution in [-0.4, -0.2) is 0 Å². The molecule has 188 valence electrons. The van der Waals surface area contributed by atoms with Gasteiger partial charge in [0.05, 0.1) is 0 Å². The van der Waals surface area contributed by atoms with E-state index >= 15 is 0 Å². The van der Waals surface area contributed by atoms with Crippen molar-refractivity contribution in [3.63, 3.8) is 0 Å². The Morgan fingerprint density at radius 3 is 1.42 bits per heavy atom. The minimum absolute atomic E-state index is 0.861. The Hall–Kier alpha value is -1.56. The SMILES string of the molecule is Cc1c(C)c(C)c2c(c1C)C1C3CC(C4c5c(C)c6c(c(C)c5CC34)C3C4CC(C(C)C4C)C3C6)C21. The average molecular weight is 477 g/mol. The normalized spacial score (nSPS) is 45.3. The molecule has 0 aromatic heterocycles. The van der Waals surface area contributed by atoms with Crippen LogP contribution in [0, 0.1) is 88.9 Å². The number of rotatable bonds is 0. The van der Waals surface area contributed by atoms with E-state index in [0.29, 0.717) is 0 Å². The third kappa shape index (κ3) is 2.01.